The third-order valence-corrected chi connectivity index (χ3v) is 3.11. The number of Topliss-reactive ketones (excluding diaryl/α,β-unsaturated/α-hetero) is 1. The summed E-state index contributed by atoms with van der Waals surface area (Å²) < 4.78 is 0. The van der Waals surface area contributed by atoms with Crippen LogP contribution in [0.25, 0.3) is 0 Å². The molecule has 0 unspecified atom stereocenters. The van der Waals surface area contributed by atoms with E-state index in [-0.39, 0.29) is 11.6 Å². The van der Waals surface area contributed by atoms with Crippen molar-refractivity contribution < 1.29 is 9.59 Å². The predicted molar refractivity (Wildman–Crippen MR) is 75.8 cm³/mol. The number of rotatable bonds is 3. The Balaban J connectivity index is 2.49. The van der Waals surface area contributed by atoms with Gasteiger partial charge in [0.25, 0.3) is 0 Å². The molecule has 2 aromatic rings. The molecule has 0 amide bonds. The molecule has 2 aromatic carbocycles. The Bertz CT molecular complexity index is 637. The van der Waals surface area contributed by atoms with Crippen LogP contribution in [0.1, 0.15) is 44.3 Å². The monoisotopic (exact) mass is 252 g/mol. The molecular weight excluding hydrogens is 236 g/mol. The van der Waals surface area contributed by atoms with Crippen molar-refractivity contribution in [3.8, 4) is 0 Å². The van der Waals surface area contributed by atoms with Crippen molar-refractivity contribution in [3.05, 3.63) is 70.3 Å². The van der Waals surface area contributed by atoms with E-state index in [1.807, 2.05) is 32.0 Å². The largest absolute Gasteiger partial charge is 0.294 e. The van der Waals surface area contributed by atoms with Crippen molar-refractivity contribution in [1.82, 2.24) is 0 Å². The summed E-state index contributed by atoms with van der Waals surface area (Å²) in [6.07, 6.45) is 0. The zero-order chi connectivity index (χ0) is 14.0. The Morgan fingerprint density at radius 2 is 1.37 bits per heavy atom. The lowest BCUT2D eigenvalue weighted by Crippen LogP contribution is -2.08. The molecule has 0 bridgehead atoms. The molecule has 0 saturated heterocycles. The van der Waals surface area contributed by atoms with Gasteiger partial charge in [-0.2, -0.15) is 0 Å². The van der Waals surface area contributed by atoms with E-state index in [0.717, 1.165) is 11.1 Å². The molecule has 0 aliphatic heterocycles. The SMILES string of the molecule is CC(=O)c1cc(C)ccc1C(=O)c1ccc(C)cc1. The molecule has 0 aromatic heterocycles. The molecule has 0 fully saturated rings. The first-order valence-corrected chi connectivity index (χ1v) is 6.22. The van der Waals surface area contributed by atoms with Crippen LogP contribution in [0.2, 0.25) is 0 Å². The van der Waals surface area contributed by atoms with Crippen LogP contribution in [0, 0.1) is 13.8 Å². The topological polar surface area (TPSA) is 34.1 Å². The van der Waals surface area contributed by atoms with Gasteiger partial charge in [0.2, 0.25) is 0 Å². The van der Waals surface area contributed by atoms with Gasteiger partial charge in [0, 0.05) is 16.7 Å². The van der Waals surface area contributed by atoms with E-state index in [4.69, 9.17) is 0 Å². The van der Waals surface area contributed by atoms with E-state index in [2.05, 4.69) is 0 Å². The number of carbonyl (C=O) groups excluding carboxylic acids is 2. The van der Waals surface area contributed by atoms with Crippen LogP contribution in [0.4, 0.5) is 0 Å². The summed E-state index contributed by atoms with van der Waals surface area (Å²) in [5.74, 6) is -0.190. The van der Waals surface area contributed by atoms with Crippen LogP contribution in [0.15, 0.2) is 42.5 Å². The summed E-state index contributed by atoms with van der Waals surface area (Å²) in [5, 5.41) is 0. The third kappa shape index (κ3) is 2.79. The summed E-state index contributed by atoms with van der Waals surface area (Å²) in [7, 11) is 0. The first-order chi connectivity index (χ1) is 8.99. The first kappa shape index (κ1) is 13.2. The maximum atomic E-state index is 12.4. The number of benzene rings is 2. The Morgan fingerprint density at radius 3 is 1.95 bits per heavy atom. The molecule has 2 nitrogen and oxygen atoms in total. The van der Waals surface area contributed by atoms with E-state index < -0.39 is 0 Å². The number of aryl methyl sites for hydroxylation is 2. The second-order valence-corrected chi connectivity index (χ2v) is 4.80. The van der Waals surface area contributed by atoms with Gasteiger partial charge in [0.1, 0.15) is 0 Å². The lowest BCUT2D eigenvalue weighted by atomic mass is 9.94. The molecule has 0 aliphatic carbocycles. The van der Waals surface area contributed by atoms with Crippen molar-refractivity contribution in [2.24, 2.45) is 0 Å². The molecule has 0 saturated carbocycles. The smallest absolute Gasteiger partial charge is 0.193 e. The third-order valence-electron chi connectivity index (χ3n) is 3.11. The van der Waals surface area contributed by atoms with Gasteiger partial charge in [-0.15, -0.1) is 0 Å². The van der Waals surface area contributed by atoms with Crippen molar-refractivity contribution >= 4 is 11.6 Å². The lowest BCUT2D eigenvalue weighted by molar-refractivity contribution is 0.0990. The Morgan fingerprint density at radius 1 is 0.789 bits per heavy atom. The Hall–Kier alpha value is -2.22. The predicted octanol–water partition coefficient (Wildman–Crippen LogP) is 3.74. The maximum absolute atomic E-state index is 12.4. The van der Waals surface area contributed by atoms with Gasteiger partial charge in [-0.1, -0.05) is 47.5 Å². The lowest BCUT2D eigenvalue weighted by Gasteiger charge is -2.07. The Kier molecular flexibility index (Phi) is 3.61. The molecule has 0 heterocycles. The zero-order valence-electron chi connectivity index (χ0n) is 11.4. The van der Waals surface area contributed by atoms with Gasteiger partial charge in [0.15, 0.2) is 11.6 Å². The van der Waals surface area contributed by atoms with Crippen molar-refractivity contribution in [2.45, 2.75) is 20.8 Å². The number of hydrogen-bond acceptors (Lipinski definition) is 2. The maximum Gasteiger partial charge on any atom is 0.193 e. The quantitative estimate of drug-likeness (QED) is 0.780. The molecule has 2 heteroatoms. The molecule has 0 aliphatic rings. The fourth-order valence-electron chi connectivity index (χ4n) is 2.01. The van der Waals surface area contributed by atoms with E-state index in [9.17, 15) is 9.59 Å². The minimum Gasteiger partial charge on any atom is -0.294 e. The first-order valence-electron chi connectivity index (χ1n) is 6.22. The van der Waals surface area contributed by atoms with Gasteiger partial charge in [0.05, 0.1) is 0 Å². The fraction of sp³-hybridized carbons (Fsp3) is 0.176. The highest BCUT2D eigenvalue weighted by atomic mass is 16.1. The number of hydrogen-bond donors (Lipinski definition) is 0. The van der Waals surface area contributed by atoms with Gasteiger partial charge < -0.3 is 0 Å². The second kappa shape index (κ2) is 5.19. The molecule has 96 valence electrons. The number of carbonyl (C=O) groups is 2. The highest BCUT2D eigenvalue weighted by Gasteiger charge is 2.16. The molecule has 0 atom stereocenters. The van der Waals surface area contributed by atoms with E-state index in [1.54, 1.807) is 24.3 Å². The summed E-state index contributed by atoms with van der Waals surface area (Å²) >= 11 is 0. The molecule has 0 spiro atoms. The van der Waals surface area contributed by atoms with Crippen molar-refractivity contribution in [3.63, 3.8) is 0 Å². The van der Waals surface area contributed by atoms with Crippen LogP contribution in [0.5, 0.6) is 0 Å². The van der Waals surface area contributed by atoms with Crippen LogP contribution < -0.4 is 0 Å². The van der Waals surface area contributed by atoms with Crippen molar-refractivity contribution in [2.75, 3.05) is 0 Å². The van der Waals surface area contributed by atoms with E-state index in [0.29, 0.717) is 16.7 Å². The van der Waals surface area contributed by atoms with Crippen LogP contribution in [0.3, 0.4) is 0 Å². The summed E-state index contributed by atoms with van der Waals surface area (Å²) in [6, 6.07) is 12.7. The number of ketones is 2. The van der Waals surface area contributed by atoms with Gasteiger partial charge >= 0.3 is 0 Å². The van der Waals surface area contributed by atoms with Gasteiger partial charge in [-0.3, -0.25) is 9.59 Å². The fourth-order valence-corrected chi connectivity index (χ4v) is 2.01. The van der Waals surface area contributed by atoms with Crippen LogP contribution in [-0.4, -0.2) is 11.6 Å². The molecule has 2 rings (SSSR count). The molecule has 19 heavy (non-hydrogen) atoms. The van der Waals surface area contributed by atoms with E-state index >= 15 is 0 Å². The Labute approximate surface area is 113 Å². The average molecular weight is 252 g/mol. The van der Waals surface area contributed by atoms with Crippen LogP contribution in [-0.2, 0) is 0 Å². The normalized spacial score (nSPS) is 10.3. The highest BCUT2D eigenvalue weighted by Crippen LogP contribution is 2.17. The van der Waals surface area contributed by atoms with Crippen molar-refractivity contribution in [1.29, 1.82) is 0 Å². The van der Waals surface area contributed by atoms with Gasteiger partial charge in [-0.05, 0) is 26.8 Å². The summed E-state index contributed by atoms with van der Waals surface area (Å²) in [4.78, 5) is 24.1. The zero-order valence-corrected chi connectivity index (χ0v) is 11.4. The average Bonchev–Trinajstić information content (AvgIpc) is 2.38. The van der Waals surface area contributed by atoms with Crippen LogP contribution >= 0.6 is 0 Å². The summed E-state index contributed by atoms with van der Waals surface area (Å²) in [5.41, 5.74) is 3.65. The van der Waals surface area contributed by atoms with Gasteiger partial charge in [-0.25, -0.2) is 0 Å². The molecule has 0 radical (unpaired) electrons. The molecular formula is C17H16O2. The molecule has 0 N–H and O–H groups in total. The summed E-state index contributed by atoms with van der Waals surface area (Å²) in [6.45, 7) is 5.37. The second-order valence-electron chi connectivity index (χ2n) is 4.80. The highest BCUT2D eigenvalue weighted by molar-refractivity contribution is 6.15. The minimum atomic E-state index is -0.106. The minimum absolute atomic E-state index is 0.0841. The standard InChI is InChI=1S/C17H16O2/c1-11-4-7-14(8-5-11)17(19)15-9-6-12(2)10-16(15)13(3)18/h4-10H,1-3H3. The van der Waals surface area contributed by atoms with E-state index in [1.165, 1.54) is 6.92 Å².